The van der Waals surface area contributed by atoms with Gasteiger partial charge in [0.2, 0.25) is 0 Å². The van der Waals surface area contributed by atoms with Crippen molar-refractivity contribution < 1.29 is 9.73 Å². The Bertz CT molecular complexity index is 237. The zero-order valence-electron chi connectivity index (χ0n) is 7.09. The molecule has 0 aliphatic carbocycles. The van der Waals surface area contributed by atoms with Crippen molar-refractivity contribution in [3.05, 3.63) is 35.3 Å². The van der Waals surface area contributed by atoms with Gasteiger partial charge in [0, 0.05) is 5.03 Å². The third-order valence-corrected chi connectivity index (χ3v) is 1.65. The molecule has 3 heteroatoms. The average molecular weight is 187 g/mol. The van der Waals surface area contributed by atoms with Gasteiger partial charge in [-0.15, -0.1) is 0 Å². The Labute approximate surface area is 77.2 Å². The summed E-state index contributed by atoms with van der Waals surface area (Å²) in [4.78, 5) is 0. The third kappa shape index (κ3) is 3.60. The molecule has 1 aromatic heterocycles. The lowest BCUT2D eigenvalue weighted by Crippen LogP contribution is -2.82. The molecule has 2 nitrogen and oxygen atoms in total. The number of furan rings is 1. The van der Waals surface area contributed by atoms with E-state index in [4.69, 9.17) is 16.0 Å². The molecular weight excluding hydrogens is 174 g/mol. The molecule has 0 unspecified atom stereocenters. The van der Waals surface area contributed by atoms with Crippen LogP contribution in [0.1, 0.15) is 12.7 Å². The van der Waals surface area contributed by atoms with Crippen LogP contribution >= 0.6 is 11.6 Å². The van der Waals surface area contributed by atoms with Crippen molar-refractivity contribution in [2.24, 2.45) is 0 Å². The van der Waals surface area contributed by atoms with Crippen LogP contribution in [0.25, 0.3) is 0 Å². The van der Waals surface area contributed by atoms with Gasteiger partial charge in [-0.05, 0) is 25.1 Å². The Morgan fingerprint density at radius 2 is 2.58 bits per heavy atom. The first kappa shape index (κ1) is 9.36. The summed E-state index contributed by atoms with van der Waals surface area (Å²) in [6, 6.07) is 3.86. The van der Waals surface area contributed by atoms with Gasteiger partial charge in [-0.1, -0.05) is 11.6 Å². The summed E-state index contributed by atoms with van der Waals surface area (Å²) in [6.45, 7) is 3.64. The van der Waals surface area contributed by atoms with Gasteiger partial charge in [0.05, 0.1) is 12.8 Å². The Hall–Kier alpha value is -0.730. The van der Waals surface area contributed by atoms with Crippen LogP contribution in [0, 0.1) is 0 Å². The van der Waals surface area contributed by atoms with E-state index in [1.807, 2.05) is 25.1 Å². The fourth-order valence-corrected chi connectivity index (χ4v) is 0.989. The molecule has 1 heterocycles. The van der Waals surface area contributed by atoms with E-state index in [0.29, 0.717) is 0 Å². The van der Waals surface area contributed by atoms with Gasteiger partial charge in [-0.25, -0.2) is 0 Å². The lowest BCUT2D eigenvalue weighted by molar-refractivity contribution is -0.663. The fourth-order valence-electron chi connectivity index (χ4n) is 0.900. The zero-order chi connectivity index (χ0) is 8.81. The molecule has 1 rings (SSSR count). The maximum atomic E-state index is 5.66. The van der Waals surface area contributed by atoms with Crippen LogP contribution in [0.3, 0.4) is 0 Å². The lowest BCUT2D eigenvalue weighted by atomic mass is 10.4. The number of nitrogens with two attached hydrogens (primary N) is 1. The van der Waals surface area contributed by atoms with E-state index in [-0.39, 0.29) is 0 Å². The monoisotopic (exact) mass is 186 g/mol. The number of hydrogen-bond donors (Lipinski definition) is 1. The maximum absolute atomic E-state index is 5.66. The highest BCUT2D eigenvalue weighted by Crippen LogP contribution is 1.96. The number of rotatable bonds is 4. The number of halogens is 1. The van der Waals surface area contributed by atoms with Gasteiger partial charge >= 0.3 is 0 Å². The van der Waals surface area contributed by atoms with Gasteiger partial charge in [-0.2, -0.15) is 0 Å². The average Bonchev–Trinajstić information content (AvgIpc) is 2.49. The molecule has 12 heavy (non-hydrogen) atoms. The number of hydrogen-bond acceptors (Lipinski definition) is 1. The van der Waals surface area contributed by atoms with E-state index in [2.05, 4.69) is 5.32 Å². The minimum atomic E-state index is 0.839. The molecule has 2 N–H and O–H groups in total. The minimum absolute atomic E-state index is 0.839. The van der Waals surface area contributed by atoms with Crippen LogP contribution < -0.4 is 5.32 Å². The molecule has 1 aromatic rings. The van der Waals surface area contributed by atoms with Gasteiger partial charge < -0.3 is 9.73 Å². The van der Waals surface area contributed by atoms with Crippen molar-refractivity contribution in [1.82, 2.24) is 0 Å². The van der Waals surface area contributed by atoms with Crippen LogP contribution in [0.4, 0.5) is 0 Å². The first-order valence-corrected chi connectivity index (χ1v) is 4.33. The van der Waals surface area contributed by atoms with Gasteiger partial charge in [0.25, 0.3) is 0 Å². The molecule has 0 amide bonds. The predicted octanol–water partition coefficient (Wildman–Crippen LogP) is 1.49. The second-order valence-electron chi connectivity index (χ2n) is 2.60. The molecule has 0 fully saturated rings. The van der Waals surface area contributed by atoms with Crippen LogP contribution in [0.5, 0.6) is 0 Å². The van der Waals surface area contributed by atoms with Gasteiger partial charge in [0.15, 0.2) is 5.76 Å². The first-order valence-electron chi connectivity index (χ1n) is 3.95. The quantitative estimate of drug-likeness (QED) is 0.710. The topological polar surface area (TPSA) is 29.8 Å². The van der Waals surface area contributed by atoms with Crippen molar-refractivity contribution >= 4 is 11.6 Å². The summed E-state index contributed by atoms with van der Waals surface area (Å²) < 4.78 is 5.16. The summed E-state index contributed by atoms with van der Waals surface area (Å²) in [5.74, 6) is 0.996. The van der Waals surface area contributed by atoms with Gasteiger partial charge in [-0.3, -0.25) is 0 Å². The zero-order valence-corrected chi connectivity index (χ0v) is 7.84. The number of allylic oxidation sites excluding steroid dienone is 1. The normalized spacial score (nSPS) is 12.0. The first-order chi connectivity index (χ1) is 5.79. The smallest absolute Gasteiger partial charge is 0.157 e. The fraction of sp³-hybridized carbons (Fsp3) is 0.333. The molecule has 0 saturated heterocycles. The Morgan fingerprint density at radius 3 is 3.17 bits per heavy atom. The molecule has 0 spiro atoms. The largest absolute Gasteiger partial charge is 0.463 e. The maximum Gasteiger partial charge on any atom is 0.157 e. The predicted molar refractivity (Wildman–Crippen MR) is 48.8 cm³/mol. The molecular formula is C9H13ClNO+. The Balaban J connectivity index is 2.16. The molecule has 0 aromatic carbocycles. The SMILES string of the molecule is C/C(Cl)=C\C[NH2+]Cc1ccco1. The second-order valence-corrected chi connectivity index (χ2v) is 3.19. The molecule has 0 saturated carbocycles. The Kier molecular flexibility index (Phi) is 3.91. The minimum Gasteiger partial charge on any atom is -0.463 e. The molecule has 66 valence electrons. The van der Waals surface area contributed by atoms with E-state index in [9.17, 15) is 0 Å². The van der Waals surface area contributed by atoms with Crippen molar-refractivity contribution in [3.8, 4) is 0 Å². The molecule has 0 atom stereocenters. The second kappa shape index (κ2) is 5.01. The summed E-state index contributed by atoms with van der Waals surface area (Å²) >= 11 is 5.66. The van der Waals surface area contributed by atoms with E-state index < -0.39 is 0 Å². The van der Waals surface area contributed by atoms with Crippen LogP contribution in [0.15, 0.2) is 33.9 Å². The summed E-state index contributed by atoms with van der Waals surface area (Å²) in [7, 11) is 0. The van der Waals surface area contributed by atoms with Gasteiger partial charge in [0.1, 0.15) is 6.54 Å². The van der Waals surface area contributed by atoms with Crippen molar-refractivity contribution in [1.29, 1.82) is 0 Å². The molecule has 0 aliphatic heterocycles. The van der Waals surface area contributed by atoms with E-state index >= 15 is 0 Å². The molecule has 0 bridgehead atoms. The summed E-state index contributed by atoms with van der Waals surface area (Å²) in [6.07, 6.45) is 3.66. The van der Waals surface area contributed by atoms with E-state index in [0.717, 1.165) is 23.9 Å². The van der Waals surface area contributed by atoms with Crippen molar-refractivity contribution in [2.75, 3.05) is 6.54 Å². The standard InChI is InChI=1S/C9H12ClNO/c1-8(10)4-5-11-7-9-3-2-6-12-9/h2-4,6,11H,5,7H2,1H3/p+1/b8-4+. The highest BCUT2D eigenvalue weighted by atomic mass is 35.5. The van der Waals surface area contributed by atoms with Crippen LogP contribution in [0.2, 0.25) is 0 Å². The highest BCUT2D eigenvalue weighted by molar-refractivity contribution is 6.29. The summed E-state index contributed by atoms with van der Waals surface area (Å²) in [5, 5.41) is 2.97. The Morgan fingerprint density at radius 1 is 1.75 bits per heavy atom. The van der Waals surface area contributed by atoms with E-state index in [1.54, 1.807) is 6.26 Å². The lowest BCUT2D eigenvalue weighted by Gasteiger charge is -1.94. The van der Waals surface area contributed by atoms with Crippen molar-refractivity contribution in [2.45, 2.75) is 13.5 Å². The van der Waals surface area contributed by atoms with Crippen LogP contribution in [-0.2, 0) is 6.54 Å². The van der Waals surface area contributed by atoms with Crippen molar-refractivity contribution in [3.63, 3.8) is 0 Å². The van der Waals surface area contributed by atoms with Crippen LogP contribution in [-0.4, -0.2) is 6.54 Å². The molecule has 0 aliphatic rings. The van der Waals surface area contributed by atoms with E-state index in [1.165, 1.54) is 0 Å². The highest BCUT2D eigenvalue weighted by Gasteiger charge is 1.95. The molecule has 0 radical (unpaired) electrons. The third-order valence-electron chi connectivity index (χ3n) is 1.49. The number of quaternary nitrogens is 1. The summed E-state index contributed by atoms with van der Waals surface area (Å²) in [5.41, 5.74) is 0.